The molecule has 0 unspecified atom stereocenters. The summed E-state index contributed by atoms with van der Waals surface area (Å²) in [5.41, 5.74) is -1.08. The van der Waals surface area contributed by atoms with E-state index >= 15 is 0 Å². The van der Waals surface area contributed by atoms with E-state index in [0.29, 0.717) is 25.1 Å². The van der Waals surface area contributed by atoms with Crippen LogP contribution in [-0.2, 0) is 17.8 Å². The van der Waals surface area contributed by atoms with Gasteiger partial charge in [0.05, 0.1) is 6.07 Å². The number of rotatable bonds is 7. The van der Waals surface area contributed by atoms with E-state index in [-0.39, 0.29) is 23.2 Å². The molecule has 0 aliphatic heterocycles. The molecule has 1 aliphatic carbocycles. The Morgan fingerprint density at radius 1 is 1.55 bits per heavy atom. The highest BCUT2D eigenvalue weighted by Gasteiger charge is 2.44. The molecule has 1 amide bonds. The molecule has 1 fully saturated rings. The SMILES string of the molecule is CCCCCc1nc(Cl)cc(=O)n1CC(=O)NC1(C#N)CC1. The van der Waals surface area contributed by atoms with Gasteiger partial charge in [0.2, 0.25) is 5.91 Å². The number of nitriles is 1. The Bertz CT molecular complexity index is 658. The van der Waals surface area contributed by atoms with Crippen LogP contribution in [0, 0.1) is 11.3 Å². The van der Waals surface area contributed by atoms with Crippen LogP contribution in [0.25, 0.3) is 0 Å². The first-order valence-corrected chi connectivity index (χ1v) is 7.86. The highest BCUT2D eigenvalue weighted by molar-refractivity contribution is 6.29. The second kappa shape index (κ2) is 6.93. The maximum atomic E-state index is 12.1. The van der Waals surface area contributed by atoms with E-state index in [1.807, 2.05) is 0 Å². The molecule has 6 nitrogen and oxygen atoms in total. The molecule has 7 heteroatoms. The van der Waals surface area contributed by atoms with Gasteiger partial charge in [-0.3, -0.25) is 14.2 Å². The van der Waals surface area contributed by atoms with E-state index in [2.05, 4.69) is 23.3 Å². The molecule has 1 aromatic heterocycles. The van der Waals surface area contributed by atoms with Crippen LogP contribution in [0.3, 0.4) is 0 Å². The molecule has 0 saturated heterocycles. The third-order valence-electron chi connectivity index (χ3n) is 3.70. The minimum absolute atomic E-state index is 0.131. The van der Waals surface area contributed by atoms with E-state index in [1.165, 1.54) is 10.6 Å². The molecule has 0 radical (unpaired) electrons. The van der Waals surface area contributed by atoms with E-state index in [9.17, 15) is 9.59 Å². The minimum atomic E-state index is -0.733. The Morgan fingerprint density at radius 3 is 2.86 bits per heavy atom. The summed E-state index contributed by atoms with van der Waals surface area (Å²) in [7, 11) is 0. The van der Waals surface area contributed by atoms with Crippen molar-refractivity contribution in [2.45, 2.75) is 57.5 Å². The summed E-state index contributed by atoms with van der Waals surface area (Å²) in [6.07, 6.45) is 4.87. The van der Waals surface area contributed by atoms with Crippen LogP contribution in [-0.4, -0.2) is 21.0 Å². The van der Waals surface area contributed by atoms with Gasteiger partial charge in [-0.15, -0.1) is 0 Å². The molecule has 118 valence electrons. The number of aromatic nitrogens is 2. The van der Waals surface area contributed by atoms with Crippen LogP contribution in [0.4, 0.5) is 0 Å². The van der Waals surface area contributed by atoms with E-state index < -0.39 is 5.54 Å². The third-order valence-corrected chi connectivity index (χ3v) is 3.90. The van der Waals surface area contributed by atoms with Crippen molar-refractivity contribution in [1.29, 1.82) is 5.26 Å². The van der Waals surface area contributed by atoms with Gasteiger partial charge in [0.1, 0.15) is 23.1 Å². The number of nitrogens with one attached hydrogen (secondary N) is 1. The molecule has 0 atom stereocenters. The average molecular weight is 323 g/mol. The lowest BCUT2D eigenvalue weighted by atomic mass is 10.2. The van der Waals surface area contributed by atoms with Crippen LogP contribution < -0.4 is 10.9 Å². The Balaban J connectivity index is 2.13. The molecular formula is C15H19ClN4O2. The van der Waals surface area contributed by atoms with Gasteiger partial charge in [0, 0.05) is 12.5 Å². The molecule has 2 rings (SSSR count). The fourth-order valence-electron chi connectivity index (χ4n) is 2.26. The normalized spacial score (nSPS) is 15.1. The summed E-state index contributed by atoms with van der Waals surface area (Å²) in [4.78, 5) is 28.3. The zero-order valence-corrected chi connectivity index (χ0v) is 13.3. The maximum absolute atomic E-state index is 12.1. The lowest BCUT2D eigenvalue weighted by Gasteiger charge is -2.14. The fraction of sp³-hybridized carbons (Fsp3) is 0.600. The van der Waals surface area contributed by atoms with Crippen molar-refractivity contribution in [3.05, 3.63) is 27.4 Å². The molecule has 0 spiro atoms. The minimum Gasteiger partial charge on any atom is -0.336 e. The monoisotopic (exact) mass is 322 g/mol. The second-order valence-corrected chi connectivity index (χ2v) is 6.01. The second-order valence-electron chi connectivity index (χ2n) is 5.62. The number of hydrogen-bond acceptors (Lipinski definition) is 4. The lowest BCUT2D eigenvalue weighted by Crippen LogP contribution is -2.40. The third kappa shape index (κ3) is 4.08. The van der Waals surface area contributed by atoms with Gasteiger partial charge in [-0.05, 0) is 19.3 Å². The molecule has 0 aromatic carbocycles. The number of carbonyl (C=O) groups excluding carboxylic acids is 1. The quantitative estimate of drug-likeness (QED) is 0.612. The standard InChI is InChI=1S/C15H19ClN4O2/c1-2-3-4-5-12-18-11(16)8-14(22)20(12)9-13(21)19-15(10-17)6-7-15/h8H,2-7,9H2,1H3,(H,19,21). The average Bonchev–Trinajstić information content (AvgIpc) is 3.23. The molecule has 1 N–H and O–H groups in total. The molecule has 1 aromatic rings. The molecule has 1 heterocycles. The first-order chi connectivity index (χ1) is 10.5. The number of aryl methyl sites for hydroxylation is 1. The van der Waals surface area contributed by atoms with Crippen molar-refractivity contribution in [2.24, 2.45) is 0 Å². The molecule has 1 saturated carbocycles. The van der Waals surface area contributed by atoms with Crippen molar-refractivity contribution in [3.8, 4) is 6.07 Å². The van der Waals surface area contributed by atoms with Crippen molar-refractivity contribution >= 4 is 17.5 Å². The van der Waals surface area contributed by atoms with Gasteiger partial charge < -0.3 is 5.32 Å². The summed E-state index contributed by atoms with van der Waals surface area (Å²) in [5, 5.41) is 11.8. The van der Waals surface area contributed by atoms with Crippen molar-refractivity contribution in [1.82, 2.24) is 14.9 Å². The molecule has 0 bridgehead atoms. The van der Waals surface area contributed by atoms with Gasteiger partial charge in [-0.2, -0.15) is 5.26 Å². The Morgan fingerprint density at radius 2 is 2.27 bits per heavy atom. The summed E-state index contributed by atoms with van der Waals surface area (Å²) in [5.74, 6) is 0.171. The zero-order valence-electron chi connectivity index (χ0n) is 12.6. The highest BCUT2D eigenvalue weighted by Crippen LogP contribution is 2.34. The summed E-state index contributed by atoms with van der Waals surface area (Å²) in [6, 6.07) is 3.30. The first-order valence-electron chi connectivity index (χ1n) is 7.48. The number of unbranched alkanes of at least 4 members (excludes halogenated alkanes) is 2. The Kier molecular flexibility index (Phi) is 5.19. The van der Waals surface area contributed by atoms with Gasteiger partial charge >= 0.3 is 0 Å². The van der Waals surface area contributed by atoms with Crippen LogP contribution >= 0.6 is 11.6 Å². The number of carbonyl (C=O) groups is 1. The van der Waals surface area contributed by atoms with Crippen molar-refractivity contribution in [3.63, 3.8) is 0 Å². The Labute approximate surface area is 134 Å². The van der Waals surface area contributed by atoms with Gasteiger partial charge in [-0.1, -0.05) is 31.4 Å². The Hall–Kier alpha value is -1.87. The predicted molar refractivity (Wildman–Crippen MR) is 82.5 cm³/mol. The zero-order chi connectivity index (χ0) is 16.2. The van der Waals surface area contributed by atoms with Gasteiger partial charge in [-0.25, -0.2) is 4.98 Å². The fourth-order valence-corrected chi connectivity index (χ4v) is 2.45. The topological polar surface area (TPSA) is 87.8 Å². The largest absolute Gasteiger partial charge is 0.336 e. The molecular weight excluding hydrogens is 304 g/mol. The predicted octanol–water partition coefficient (Wildman–Crippen LogP) is 1.80. The highest BCUT2D eigenvalue weighted by atomic mass is 35.5. The summed E-state index contributed by atoms with van der Waals surface area (Å²) < 4.78 is 1.34. The number of halogens is 1. The van der Waals surface area contributed by atoms with Crippen LogP contribution in [0.2, 0.25) is 5.15 Å². The number of amides is 1. The maximum Gasteiger partial charge on any atom is 0.255 e. The lowest BCUT2D eigenvalue weighted by molar-refractivity contribution is -0.122. The van der Waals surface area contributed by atoms with Crippen molar-refractivity contribution < 1.29 is 4.79 Å². The molecule has 1 aliphatic rings. The van der Waals surface area contributed by atoms with Crippen LogP contribution in [0.1, 0.15) is 44.9 Å². The smallest absolute Gasteiger partial charge is 0.255 e. The van der Waals surface area contributed by atoms with Crippen LogP contribution in [0.15, 0.2) is 10.9 Å². The van der Waals surface area contributed by atoms with E-state index in [1.54, 1.807) is 0 Å². The van der Waals surface area contributed by atoms with Gasteiger partial charge in [0.15, 0.2) is 0 Å². The van der Waals surface area contributed by atoms with E-state index in [0.717, 1.165) is 19.3 Å². The summed E-state index contributed by atoms with van der Waals surface area (Å²) >= 11 is 5.84. The van der Waals surface area contributed by atoms with Gasteiger partial charge in [0.25, 0.3) is 5.56 Å². The van der Waals surface area contributed by atoms with Crippen molar-refractivity contribution in [2.75, 3.05) is 0 Å². The molecule has 22 heavy (non-hydrogen) atoms. The first kappa shape index (κ1) is 16.5. The number of nitrogens with zero attached hydrogens (tertiary/aromatic N) is 3. The summed E-state index contributed by atoms with van der Waals surface area (Å²) in [6.45, 7) is 1.96. The van der Waals surface area contributed by atoms with E-state index in [4.69, 9.17) is 16.9 Å². The number of hydrogen-bond donors (Lipinski definition) is 1. The van der Waals surface area contributed by atoms with Crippen LogP contribution in [0.5, 0.6) is 0 Å².